The molecule has 14 heteroatoms. The Morgan fingerprint density at radius 3 is 1.59 bits per heavy atom. The molecule has 0 saturated heterocycles. The highest BCUT2D eigenvalue weighted by Crippen LogP contribution is 2.38. The Morgan fingerprint density at radius 1 is 0.656 bits per heavy atom. The first-order valence-corrected chi connectivity index (χ1v) is 20.3. The molecule has 6 aromatic rings. The topological polar surface area (TPSA) is 160 Å². The van der Waals surface area contributed by atoms with Gasteiger partial charge >= 0.3 is 5.97 Å². The molecule has 1 atom stereocenters. The van der Waals surface area contributed by atoms with Crippen molar-refractivity contribution in [2.24, 2.45) is 0 Å². The van der Waals surface area contributed by atoms with E-state index in [1.807, 2.05) is 38.1 Å². The molecule has 2 heterocycles. The van der Waals surface area contributed by atoms with Crippen molar-refractivity contribution in [3.05, 3.63) is 163 Å². The molecular weight excluding hydrogens is 837 g/mol. The normalized spacial score (nSPS) is 11.3. The Labute approximate surface area is 369 Å². The minimum absolute atomic E-state index is 0.109. The molecular formula is C47H40Cl3N5O6. The van der Waals surface area contributed by atoms with Gasteiger partial charge in [-0.05, 0) is 77.9 Å². The molecule has 0 bridgehead atoms. The Balaban J connectivity index is 1.18. The summed E-state index contributed by atoms with van der Waals surface area (Å²) in [4.78, 5) is 19.9. The Kier molecular flexibility index (Phi) is 15.0. The van der Waals surface area contributed by atoms with Gasteiger partial charge in [-0.3, -0.25) is 14.8 Å². The largest absolute Gasteiger partial charge is 0.488 e. The summed E-state index contributed by atoms with van der Waals surface area (Å²) in [6, 6.07) is 25.5. The lowest BCUT2D eigenvalue weighted by Gasteiger charge is -2.19. The van der Waals surface area contributed by atoms with E-state index in [0.29, 0.717) is 72.3 Å². The quantitative estimate of drug-likeness (QED) is 0.0846. The third kappa shape index (κ3) is 11.3. The molecule has 0 aliphatic heterocycles. The number of hydrogen-bond donors (Lipinski definition) is 2. The SMILES string of the molecule is CCC(NCc1cc(Cl)c(OCc2cccc(-c3cccc(COc4cc(OCc5cncc(C#N)c5)c(Cl)cc4Cl)c3C)c2C)cc1OCc1cncc(C#N)c1)C(=O)O. The van der Waals surface area contributed by atoms with Crippen molar-refractivity contribution in [1.29, 1.82) is 10.5 Å². The number of nitrogens with one attached hydrogen (secondary N) is 1. The fourth-order valence-electron chi connectivity index (χ4n) is 6.48. The minimum Gasteiger partial charge on any atom is -0.488 e. The predicted molar refractivity (Wildman–Crippen MR) is 233 cm³/mol. The summed E-state index contributed by atoms with van der Waals surface area (Å²) in [6.07, 6.45) is 6.58. The number of nitriles is 2. The van der Waals surface area contributed by atoms with Crippen LogP contribution in [-0.2, 0) is 37.8 Å². The van der Waals surface area contributed by atoms with Crippen LogP contribution < -0.4 is 24.3 Å². The number of carboxylic acids is 1. The summed E-state index contributed by atoms with van der Waals surface area (Å²) in [5, 5.41) is 32.1. The number of hydrogen-bond acceptors (Lipinski definition) is 10. The van der Waals surface area contributed by atoms with Gasteiger partial charge in [0.15, 0.2) is 0 Å². The van der Waals surface area contributed by atoms with Gasteiger partial charge in [-0.25, -0.2) is 0 Å². The molecule has 0 fully saturated rings. The zero-order chi connectivity index (χ0) is 43.5. The lowest BCUT2D eigenvalue weighted by Crippen LogP contribution is -2.35. The lowest BCUT2D eigenvalue weighted by atomic mass is 9.92. The van der Waals surface area contributed by atoms with Gasteiger partial charge in [0.2, 0.25) is 0 Å². The third-order valence-corrected chi connectivity index (χ3v) is 10.8. The van der Waals surface area contributed by atoms with Crippen molar-refractivity contribution in [3.8, 4) is 46.3 Å². The molecule has 1 unspecified atom stereocenters. The summed E-state index contributed by atoms with van der Waals surface area (Å²) < 4.78 is 24.7. The van der Waals surface area contributed by atoms with Crippen LogP contribution in [-0.4, -0.2) is 27.1 Å². The summed E-state index contributed by atoms with van der Waals surface area (Å²) in [5.74, 6) is 0.647. The number of pyridine rings is 2. The predicted octanol–water partition coefficient (Wildman–Crippen LogP) is 10.7. The first-order chi connectivity index (χ1) is 29.5. The highest BCUT2D eigenvalue weighted by Gasteiger charge is 2.19. The van der Waals surface area contributed by atoms with Crippen molar-refractivity contribution >= 4 is 40.8 Å². The Morgan fingerprint density at radius 2 is 1.11 bits per heavy atom. The van der Waals surface area contributed by atoms with E-state index in [2.05, 4.69) is 39.6 Å². The Hall–Kier alpha value is -6.34. The van der Waals surface area contributed by atoms with E-state index in [-0.39, 0.29) is 33.0 Å². The van der Waals surface area contributed by atoms with Gasteiger partial charge in [0.25, 0.3) is 0 Å². The van der Waals surface area contributed by atoms with Gasteiger partial charge in [-0.15, -0.1) is 0 Å². The fraction of sp³-hybridized carbons (Fsp3) is 0.213. The van der Waals surface area contributed by atoms with Crippen molar-refractivity contribution in [2.45, 2.75) is 66.2 Å². The van der Waals surface area contributed by atoms with Gasteiger partial charge in [0, 0.05) is 60.2 Å². The number of halogens is 3. The van der Waals surface area contributed by atoms with Gasteiger partial charge in [0.1, 0.15) is 67.6 Å². The molecule has 0 spiro atoms. The zero-order valence-electron chi connectivity index (χ0n) is 33.5. The van der Waals surface area contributed by atoms with Gasteiger partial charge in [-0.1, -0.05) is 78.1 Å². The maximum Gasteiger partial charge on any atom is 0.320 e. The maximum atomic E-state index is 11.7. The van der Waals surface area contributed by atoms with Crippen molar-refractivity contribution < 1.29 is 28.8 Å². The van der Waals surface area contributed by atoms with E-state index in [4.69, 9.17) is 53.8 Å². The highest BCUT2D eigenvalue weighted by atomic mass is 35.5. The monoisotopic (exact) mass is 875 g/mol. The number of nitrogens with zero attached hydrogens (tertiary/aromatic N) is 4. The van der Waals surface area contributed by atoms with Crippen LogP contribution in [0.15, 0.2) is 97.6 Å². The molecule has 0 saturated carbocycles. The van der Waals surface area contributed by atoms with Crippen LogP contribution in [0, 0.1) is 36.5 Å². The fourth-order valence-corrected chi connectivity index (χ4v) is 7.21. The second-order valence-corrected chi connectivity index (χ2v) is 15.2. The summed E-state index contributed by atoms with van der Waals surface area (Å²) in [6.45, 7) is 6.73. The molecule has 61 heavy (non-hydrogen) atoms. The van der Waals surface area contributed by atoms with Crippen LogP contribution in [0.3, 0.4) is 0 Å². The average molecular weight is 877 g/mol. The maximum absolute atomic E-state index is 11.7. The van der Waals surface area contributed by atoms with Crippen LogP contribution in [0.1, 0.15) is 63.4 Å². The Bertz CT molecular complexity index is 2640. The smallest absolute Gasteiger partial charge is 0.320 e. The van der Waals surface area contributed by atoms with Gasteiger partial charge in [-0.2, -0.15) is 10.5 Å². The molecule has 310 valence electrons. The number of benzene rings is 4. The van der Waals surface area contributed by atoms with Crippen molar-refractivity contribution in [3.63, 3.8) is 0 Å². The molecule has 11 nitrogen and oxygen atoms in total. The second-order valence-electron chi connectivity index (χ2n) is 14.0. The number of rotatable bonds is 18. The zero-order valence-corrected chi connectivity index (χ0v) is 35.7. The van der Waals surface area contributed by atoms with Crippen molar-refractivity contribution in [1.82, 2.24) is 15.3 Å². The summed E-state index contributed by atoms with van der Waals surface area (Å²) >= 11 is 19.8. The summed E-state index contributed by atoms with van der Waals surface area (Å²) in [7, 11) is 0. The first-order valence-electron chi connectivity index (χ1n) is 19.1. The number of carbonyl (C=O) groups is 1. The molecule has 4 aromatic carbocycles. The molecule has 2 aromatic heterocycles. The number of carboxylic acid groups (broad SMARTS) is 1. The van der Waals surface area contributed by atoms with E-state index < -0.39 is 12.0 Å². The molecule has 2 N–H and O–H groups in total. The van der Waals surface area contributed by atoms with Crippen LogP contribution in [0.5, 0.6) is 23.0 Å². The molecule has 0 radical (unpaired) electrons. The van der Waals surface area contributed by atoms with Gasteiger partial charge < -0.3 is 29.4 Å². The van der Waals surface area contributed by atoms with E-state index >= 15 is 0 Å². The van der Waals surface area contributed by atoms with Crippen LogP contribution >= 0.6 is 34.8 Å². The molecule has 0 amide bonds. The standard InChI is InChI=1S/C47H40Cl3N5O6/c1-4-42(47(56)57)55-23-36-13-39(48)44(15-43(36)58-24-32-11-30(17-51)19-53-21-32)60-26-34-7-5-9-37(28(34)2)38-10-6-8-35(29(38)3)27-61-46-16-45(40(49)14-41(46)50)59-25-33-12-31(18-52)20-54-22-33/h5-16,19-22,42,55H,4,23-27H2,1-3H3,(H,56,57). The van der Waals surface area contributed by atoms with Crippen molar-refractivity contribution in [2.75, 3.05) is 0 Å². The summed E-state index contributed by atoms with van der Waals surface area (Å²) in [5.41, 5.74) is 8.83. The molecule has 6 rings (SSSR count). The van der Waals surface area contributed by atoms with E-state index in [1.54, 1.807) is 55.7 Å². The third-order valence-electron chi connectivity index (χ3n) is 9.93. The highest BCUT2D eigenvalue weighted by molar-refractivity contribution is 6.36. The number of ether oxygens (including phenoxy) is 4. The van der Waals surface area contributed by atoms with Crippen LogP contribution in [0.25, 0.3) is 11.1 Å². The molecule has 0 aliphatic carbocycles. The lowest BCUT2D eigenvalue weighted by molar-refractivity contribution is -0.139. The van der Waals surface area contributed by atoms with E-state index in [1.165, 1.54) is 12.4 Å². The number of aliphatic carboxylic acids is 1. The first kappa shape index (κ1) is 44.2. The minimum atomic E-state index is -0.956. The van der Waals surface area contributed by atoms with E-state index in [0.717, 1.165) is 33.4 Å². The van der Waals surface area contributed by atoms with Gasteiger partial charge in [0.05, 0.1) is 26.2 Å². The second kappa shape index (κ2) is 20.8. The van der Waals surface area contributed by atoms with Crippen LogP contribution in [0.2, 0.25) is 15.1 Å². The molecule has 0 aliphatic rings. The number of aromatic nitrogens is 2. The van der Waals surface area contributed by atoms with Crippen LogP contribution in [0.4, 0.5) is 0 Å². The average Bonchev–Trinajstić information content (AvgIpc) is 3.26. The van der Waals surface area contributed by atoms with E-state index in [9.17, 15) is 20.4 Å².